The standard InChI is InChI=1S/C13H23N3O/c1-10(12-4-5-12)8-15-13-14-6-7-16(13)11(2)9-17-3/h6-7,10-12H,4-5,8-9H2,1-3H3,(H,14,15). The normalized spacial score (nSPS) is 19.0. The van der Waals surface area contributed by atoms with Crippen LogP contribution < -0.4 is 5.32 Å². The summed E-state index contributed by atoms with van der Waals surface area (Å²) >= 11 is 0. The van der Waals surface area contributed by atoms with E-state index in [9.17, 15) is 0 Å². The third-order valence-electron chi connectivity index (χ3n) is 3.56. The van der Waals surface area contributed by atoms with E-state index >= 15 is 0 Å². The van der Waals surface area contributed by atoms with E-state index in [1.54, 1.807) is 7.11 Å². The number of nitrogens with one attached hydrogen (secondary N) is 1. The van der Waals surface area contributed by atoms with Gasteiger partial charge in [0.2, 0.25) is 5.95 Å². The second-order valence-electron chi connectivity index (χ2n) is 5.16. The predicted molar refractivity (Wildman–Crippen MR) is 69.2 cm³/mol. The average Bonchev–Trinajstić information content (AvgIpc) is 3.05. The Morgan fingerprint density at radius 2 is 2.29 bits per heavy atom. The number of ether oxygens (including phenoxy) is 1. The molecule has 4 heteroatoms. The summed E-state index contributed by atoms with van der Waals surface area (Å²) in [7, 11) is 1.73. The first kappa shape index (κ1) is 12.4. The SMILES string of the molecule is COCC(C)n1ccnc1NCC(C)C1CC1. The van der Waals surface area contributed by atoms with Crippen LogP contribution in [0.2, 0.25) is 0 Å². The molecule has 1 N–H and O–H groups in total. The molecule has 1 aliphatic rings. The van der Waals surface area contributed by atoms with Crippen molar-refractivity contribution >= 4 is 5.95 Å². The lowest BCUT2D eigenvalue weighted by Crippen LogP contribution is -2.18. The zero-order valence-electron chi connectivity index (χ0n) is 11.0. The van der Waals surface area contributed by atoms with Crippen molar-refractivity contribution in [2.24, 2.45) is 11.8 Å². The molecule has 2 atom stereocenters. The van der Waals surface area contributed by atoms with Gasteiger partial charge in [0.05, 0.1) is 12.6 Å². The first-order valence-corrected chi connectivity index (χ1v) is 6.48. The maximum Gasteiger partial charge on any atom is 0.203 e. The maximum absolute atomic E-state index is 5.18. The van der Waals surface area contributed by atoms with E-state index in [2.05, 4.69) is 28.7 Å². The third kappa shape index (κ3) is 3.22. The molecule has 1 aromatic rings. The van der Waals surface area contributed by atoms with Gasteiger partial charge in [0.25, 0.3) is 0 Å². The lowest BCUT2D eigenvalue weighted by Gasteiger charge is -2.17. The molecule has 4 nitrogen and oxygen atoms in total. The van der Waals surface area contributed by atoms with Crippen molar-refractivity contribution in [1.29, 1.82) is 0 Å². The van der Waals surface area contributed by atoms with Gasteiger partial charge in [-0.25, -0.2) is 4.98 Å². The summed E-state index contributed by atoms with van der Waals surface area (Å²) in [5.41, 5.74) is 0. The molecule has 2 rings (SSSR count). The molecule has 1 aliphatic carbocycles. The summed E-state index contributed by atoms with van der Waals surface area (Å²) in [5, 5.41) is 3.45. The Balaban J connectivity index is 1.88. The summed E-state index contributed by atoms with van der Waals surface area (Å²) in [6.07, 6.45) is 6.65. The fourth-order valence-electron chi connectivity index (χ4n) is 2.21. The second-order valence-corrected chi connectivity index (χ2v) is 5.16. The van der Waals surface area contributed by atoms with Crippen LogP contribution in [0.25, 0.3) is 0 Å². The number of hydrogen-bond donors (Lipinski definition) is 1. The van der Waals surface area contributed by atoms with Gasteiger partial charge < -0.3 is 14.6 Å². The van der Waals surface area contributed by atoms with E-state index in [1.165, 1.54) is 12.8 Å². The quantitative estimate of drug-likeness (QED) is 0.792. The van der Waals surface area contributed by atoms with E-state index in [0.29, 0.717) is 12.6 Å². The molecule has 0 spiro atoms. The van der Waals surface area contributed by atoms with Gasteiger partial charge in [-0.15, -0.1) is 0 Å². The number of hydrogen-bond acceptors (Lipinski definition) is 3. The van der Waals surface area contributed by atoms with E-state index < -0.39 is 0 Å². The number of imidazole rings is 1. The van der Waals surface area contributed by atoms with Crippen LogP contribution in [0.15, 0.2) is 12.4 Å². The number of methoxy groups -OCH3 is 1. The van der Waals surface area contributed by atoms with Gasteiger partial charge in [-0.05, 0) is 31.6 Å². The Bertz CT molecular complexity index is 346. The van der Waals surface area contributed by atoms with Crippen LogP contribution in [0, 0.1) is 11.8 Å². The highest BCUT2D eigenvalue weighted by atomic mass is 16.5. The van der Waals surface area contributed by atoms with E-state index in [-0.39, 0.29) is 0 Å². The van der Waals surface area contributed by atoms with Gasteiger partial charge in [-0.2, -0.15) is 0 Å². The highest BCUT2D eigenvalue weighted by Gasteiger charge is 2.27. The molecule has 1 aromatic heterocycles. The molecule has 0 aliphatic heterocycles. The van der Waals surface area contributed by atoms with Crippen molar-refractivity contribution in [2.45, 2.75) is 32.7 Å². The molecular weight excluding hydrogens is 214 g/mol. The minimum atomic E-state index is 0.321. The van der Waals surface area contributed by atoms with Crippen LogP contribution in [0.3, 0.4) is 0 Å². The van der Waals surface area contributed by atoms with Crippen molar-refractivity contribution in [1.82, 2.24) is 9.55 Å². The molecule has 17 heavy (non-hydrogen) atoms. The Kier molecular flexibility index (Phi) is 4.05. The summed E-state index contributed by atoms with van der Waals surface area (Å²) in [4.78, 5) is 4.37. The van der Waals surface area contributed by atoms with Crippen LogP contribution in [0.5, 0.6) is 0 Å². The highest BCUT2D eigenvalue weighted by Crippen LogP contribution is 2.36. The van der Waals surface area contributed by atoms with Gasteiger partial charge in [-0.3, -0.25) is 0 Å². The largest absolute Gasteiger partial charge is 0.383 e. The molecule has 0 aromatic carbocycles. The Morgan fingerprint density at radius 1 is 1.53 bits per heavy atom. The van der Waals surface area contributed by atoms with Gasteiger partial charge in [0.1, 0.15) is 0 Å². The first-order chi connectivity index (χ1) is 8.22. The number of nitrogens with zero attached hydrogens (tertiary/aromatic N) is 2. The third-order valence-corrected chi connectivity index (χ3v) is 3.56. The number of anilines is 1. The molecular formula is C13H23N3O. The van der Waals surface area contributed by atoms with Crippen LogP contribution in [0.1, 0.15) is 32.7 Å². The minimum Gasteiger partial charge on any atom is -0.383 e. The van der Waals surface area contributed by atoms with Gasteiger partial charge in [0, 0.05) is 26.0 Å². The molecule has 0 radical (unpaired) electrons. The van der Waals surface area contributed by atoms with Crippen LogP contribution in [0.4, 0.5) is 5.95 Å². The van der Waals surface area contributed by atoms with E-state index in [4.69, 9.17) is 4.74 Å². The van der Waals surface area contributed by atoms with Crippen LogP contribution in [-0.4, -0.2) is 29.8 Å². The summed E-state index contributed by atoms with van der Waals surface area (Å²) < 4.78 is 7.32. The molecule has 1 heterocycles. The topological polar surface area (TPSA) is 39.1 Å². The fraction of sp³-hybridized carbons (Fsp3) is 0.769. The van der Waals surface area contributed by atoms with Crippen molar-refractivity contribution in [3.05, 3.63) is 12.4 Å². The predicted octanol–water partition coefficient (Wildman–Crippen LogP) is 2.55. The molecule has 2 unspecified atom stereocenters. The molecule has 0 bridgehead atoms. The smallest absolute Gasteiger partial charge is 0.203 e. The Morgan fingerprint density at radius 3 is 2.94 bits per heavy atom. The maximum atomic E-state index is 5.18. The monoisotopic (exact) mass is 237 g/mol. The van der Waals surface area contributed by atoms with Crippen LogP contribution >= 0.6 is 0 Å². The molecule has 96 valence electrons. The number of aromatic nitrogens is 2. The van der Waals surface area contributed by atoms with Gasteiger partial charge in [0.15, 0.2) is 0 Å². The van der Waals surface area contributed by atoms with E-state index in [0.717, 1.165) is 24.3 Å². The van der Waals surface area contributed by atoms with Gasteiger partial charge in [-0.1, -0.05) is 6.92 Å². The minimum absolute atomic E-state index is 0.321. The second kappa shape index (κ2) is 5.54. The first-order valence-electron chi connectivity index (χ1n) is 6.48. The Hall–Kier alpha value is -1.03. The van der Waals surface area contributed by atoms with E-state index in [1.807, 2.05) is 12.4 Å². The van der Waals surface area contributed by atoms with Crippen LogP contribution in [-0.2, 0) is 4.74 Å². The molecule has 1 fully saturated rings. The molecule has 1 saturated carbocycles. The van der Waals surface area contributed by atoms with Crippen molar-refractivity contribution < 1.29 is 4.74 Å². The van der Waals surface area contributed by atoms with Gasteiger partial charge >= 0.3 is 0 Å². The zero-order valence-corrected chi connectivity index (χ0v) is 11.0. The lowest BCUT2D eigenvalue weighted by atomic mass is 10.1. The molecule has 0 amide bonds. The molecule has 0 saturated heterocycles. The lowest BCUT2D eigenvalue weighted by molar-refractivity contribution is 0.163. The Labute approximate surface area is 103 Å². The summed E-state index contributed by atoms with van der Waals surface area (Å²) in [5.74, 6) is 2.64. The fourth-order valence-corrected chi connectivity index (χ4v) is 2.21. The average molecular weight is 237 g/mol. The van der Waals surface area contributed by atoms with Crippen molar-refractivity contribution in [3.63, 3.8) is 0 Å². The summed E-state index contributed by atoms with van der Waals surface area (Å²) in [6.45, 7) is 6.18. The number of rotatable bonds is 7. The highest BCUT2D eigenvalue weighted by molar-refractivity contribution is 5.26. The zero-order chi connectivity index (χ0) is 12.3. The van der Waals surface area contributed by atoms with Crippen molar-refractivity contribution in [3.8, 4) is 0 Å². The summed E-state index contributed by atoms with van der Waals surface area (Å²) in [6, 6.07) is 0.321. The van der Waals surface area contributed by atoms with Crippen molar-refractivity contribution in [2.75, 3.05) is 25.6 Å².